The van der Waals surface area contributed by atoms with Crippen LogP contribution < -0.4 is 9.64 Å². The van der Waals surface area contributed by atoms with Crippen molar-refractivity contribution in [3.8, 4) is 5.75 Å². The first kappa shape index (κ1) is 18.0. The molecule has 3 aromatic rings. The Balaban J connectivity index is 1.35. The van der Waals surface area contributed by atoms with Crippen LogP contribution in [-0.2, 0) is 4.79 Å². The molecule has 5 heteroatoms. The van der Waals surface area contributed by atoms with Crippen molar-refractivity contribution >= 4 is 28.6 Å². The maximum absolute atomic E-state index is 12.5. The summed E-state index contributed by atoms with van der Waals surface area (Å²) in [6.07, 6.45) is 3.42. The quantitative estimate of drug-likeness (QED) is 0.656. The van der Waals surface area contributed by atoms with Crippen LogP contribution in [-0.4, -0.2) is 49.1 Å². The van der Waals surface area contributed by atoms with Crippen molar-refractivity contribution in [2.75, 3.05) is 38.2 Å². The van der Waals surface area contributed by atoms with Crippen molar-refractivity contribution in [2.24, 2.45) is 0 Å². The van der Waals surface area contributed by atoms with Crippen LogP contribution in [0.25, 0.3) is 17.0 Å². The Bertz CT molecular complexity index is 990. The van der Waals surface area contributed by atoms with Crippen LogP contribution in [0.15, 0.2) is 66.7 Å². The molecule has 142 valence electrons. The maximum Gasteiger partial charge on any atom is 0.246 e. The minimum atomic E-state index is 0.0318. The van der Waals surface area contributed by atoms with Gasteiger partial charge in [0.2, 0.25) is 5.91 Å². The van der Waals surface area contributed by atoms with Crippen LogP contribution in [0.3, 0.4) is 0 Å². The molecule has 1 amide bonds. The molecule has 1 fully saturated rings. The number of amides is 1. The number of aromatic nitrogens is 1. The van der Waals surface area contributed by atoms with Gasteiger partial charge in [0.05, 0.1) is 18.3 Å². The number of para-hydroxylation sites is 1. The normalized spacial score (nSPS) is 14.6. The number of methoxy groups -OCH3 is 1. The lowest BCUT2D eigenvalue weighted by atomic mass is 10.2. The van der Waals surface area contributed by atoms with Crippen molar-refractivity contribution in [2.45, 2.75) is 0 Å². The smallest absolute Gasteiger partial charge is 0.246 e. The summed E-state index contributed by atoms with van der Waals surface area (Å²) >= 11 is 0. The molecule has 28 heavy (non-hydrogen) atoms. The molecule has 0 aliphatic carbocycles. The number of fused-ring (bicyclic) bond motifs is 1. The van der Waals surface area contributed by atoms with Crippen molar-refractivity contribution in [3.63, 3.8) is 0 Å². The lowest BCUT2D eigenvalue weighted by Crippen LogP contribution is -2.48. The minimum Gasteiger partial charge on any atom is -0.497 e. The first-order chi connectivity index (χ1) is 13.7. The Morgan fingerprint density at radius 1 is 0.964 bits per heavy atom. The Labute approximate surface area is 164 Å². The minimum absolute atomic E-state index is 0.0318. The number of pyridine rings is 1. The van der Waals surface area contributed by atoms with E-state index < -0.39 is 0 Å². The van der Waals surface area contributed by atoms with Crippen LogP contribution >= 0.6 is 0 Å². The average Bonchev–Trinajstić information content (AvgIpc) is 2.77. The third kappa shape index (κ3) is 3.98. The van der Waals surface area contributed by atoms with Crippen molar-refractivity contribution < 1.29 is 9.53 Å². The highest BCUT2D eigenvalue weighted by atomic mass is 16.5. The summed E-state index contributed by atoms with van der Waals surface area (Å²) in [5, 5.41) is 1.10. The van der Waals surface area contributed by atoms with Gasteiger partial charge in [-0.25, -0.2) is 4.98 Å². The second kappa shape index (κ2) is 8.13. The topological polar surface area (TPSA) is 45.7 Å². The summed E-state index contributed by atoms with van der Waals surface area (Å²) in [6.45, 7) is 3.06. The summed E-state index contributed by atoms with van der Waals surface area (Å²) in [6, 6.07) is 20.0. The highest BCUT2D eigenvalue weighted by molar-refractivity contribution is 5.92. The van der Waals surface area contributed by atoms with Crippen LogP contribution in [0.5, 0.6) is 5.75 Å². The standard InChI is InChI=1S/C23H23N3O2/c1-28-21-11-9-20(10-12-21)25-14-16-26(17-15-25)23(27)13-8-19-7-6-18-4-2-3-5-22(18)24-19/h2-13H,14-17H2,1H3/b13-8+. The Morgan fingerprint density at radius 2 is 1.71 bits per heavy atom. The van der Waals surface area contributed by atoms with Crippen molar-refractivity contribution in [3.05, 3.63) is 72.4 Å². The van der Waals surface area contributed by atoms with Gasteiger partial charge in [-0.15, -0.1) is 0 Å². The number of piperazine rings is 1. The van der Waals surface area contributed by atoms with E-state index in [1.54, 1.807) is 19.3 Å². The van der Waals surface area contributed by atoms with Gasteiger partial charge in [0.1, 0.15) is 5.75 Å². The van der Waals surface area contributed by atoms with Crippen LogP contribution in [0.2, 0.25) is 0 Å². The Hall–Kier alpha value is -3.34. The molecule has 1 saturated heterocycles. The lowest BCUT2D eigenvalue weighted by Gasteiger charge is -2.35. The van der Waals surface area contributed by atoms with Crippen LogP contribution in [0.1, 0.15) is 5.69 Å². The first-order valence-corrected chi connectivity index (χ1v) is 9.45. The molecule has 0 N–H and O–H groups in total. The monoisotopic (exact) mass is 373 g/mol. The molecule has 0 bridgehead atoms. The summed E-state index contributed by atoms with van der Waals surface area (Å²) in [5.74, 6) is 0.884. The van der Waals surface area contributed by atoms with Gasteiger partial charge < -0.3 is 14.5 Å². The van der Waals surface area contributed by atoms with Gasteiger partial charge in [0, 0.05) is 43.3 Å². The molecule has 1 aliphatic rings. The van der Waals surface area contributed by atoms with E-state index in [1.807, 2.05) is 53.4 Å². The summed E-state index contributed by atoms with van der Waals surface area (Å²) in [7, 11) is 1.67. The molecular weight excluding hydrogens is 350 g/mol. The molecule has 2 heterocycles. The van der Waals surface area contributed by atoms with Gasteiger partial charge >= 0.3 is 0 Å². The number of hydrogen-bond donors (Lipinski definition) is 0. The number of anilines is 1. The van der Waals surface area contributed by atoms with E-state index in [9.17, 15) is 4.79 Å². The zero-order chi connectivity index (χ0) is 19.3. The molecule has 2 aromatic carbocycles. The van der Waals surface area contributed by atoms with Gasteiger partial charge in [-0.2, -0.15) is 0 Å². The fraction of sp³-hybridized carbons (Fsp3) is 0.217. The predicted octanol–water partition coefficient (Wildman–Crippen LogP) is 3.61. The maximum atomic E-state index is 12.5. The largest absolute Gasteiger partial charge is 0.497 e. The third-order valence-electron chi connectivity index (χ3n) is 5.05. The van der Waals surface area contributed by atoms with Crippen LogP contribution in [0.4, 0.5) is 5.69 Å². The van der Waals surface area contributed by atoms with Gasteiger partial charge in [-0.1, -0.05) is 24.3 Å². The summed E-state index contributed by atoms with van der Waals surface area (Å²) < 4.78 is 5.21. The van der Waals surface area contributed by atoms with Crippen LogP contribution in [0, 0.1) is 0 Å². The van der Waals surface area contributed by atoms with Gasteiger partial charge in [0.15, 0.2) is 0 Å². The predicted molar refractivity (Wildman–Crippen MR) is 113 cm³/mol. The first-order valence-electron chi connectivity index (χ1n) is 9.45. The molecular formula is C23H23N3O2. The molecule has 0 saturated carbocycles. The number of carbonyl (C=O) groups is 1. The number of hydrogen-bond acceptors (Lipinski definition) is 4. The van der Waals surface area contributed by atoms with E-state index in [0.29, 0.717) is 13.1 Å². The number of benzene rings is 2. The summed E-state index contributed by atoms with van der Waals surface area (Å²) in [5.41, 5.74) is 2.89. The molecule has 0 atom stereocenters. The Morgan fingerprint density at radius 3 is 2.46 bits per heavy atom. The SMILES string of the molecule is COc1ccc(N2CCN(C(=O)/C=C/c3ccc4ccccc4n3)CC2)cc1. The fourth-order valence-electron chi connectivity index (χ4n) is 3.41. The second-order valence-corrected chi connectivity index (χ2v) is 6.77. The van der Waals surface area contributed by atoms with E-state index in [1.165, 1.54) is 0 Å². The number of rotatable bonds is 4. The molecule has 1 aliphatic heterocycles. The van der Waals surface area contributed by atoms with Gasteiger partial charge in [-0.3, -0.25) is 4.79 Å². The zero-order valence-electron chi connectivity index (χ0n) is 15.9. The average molecular weight is 373 g/mol. The van der Waals surface area contributed by atoms with E-state index in [0.717, 1.165) is 41.1 Å². The molecule has 4 rings (SSSR count). The van der Waals surface area contributed by atoms with Crippen molar-refractivity contribution in [1.29, 1.82) is 0 Å². The highest BCUT2D eigenvalue weighted by Crippen LogP contribution is 2.20. The van der Waals surface area contributed by atoms with E-state index in [4.69, 9.17) is 4.74 Å². The highest BCUT2D eigenvalue weighted by Gasteiger charge is 2.19. The Kier molecular flexibility index (Phi) is 5.24. The van der Waals surface area contributed by atoms with Gasteiger partial charge in [0.25, 0.3) is 0 Å². The van der Waals surface area contributed by atoms with E-state index >= 15 is 0 Å². The van der Waals surface area contributed by atoms with E-state index in [2.05, 4.69) is 22.0 Å². The molecule has 0 unspecified atom stereocenters. The molecule has 5 nitrogen and oxygen atoms in total. The molecule has 1 aromatic heterocycles. The molecule has 0 radical (unpaired) electrons. The lowest BCUT2D eigenvalue weighted by molar-refractivity contribution is -0.126. The number of carbonyl (C=O) groups excluding carboxylic acids is 1. The third-order valence-corrected chi connectivity index (χ3v) is 5.05. The van der Waals surface area contributed by atoms with Crippen molar-refractivity contribution in [1.82, 2.24) is 9.88 Å². The summed E-state index contributed by atoms with van der Waals surface area (Å²) in [4.78, 5) is 21.3. The number of nitrogens with zero attached hydrogens (tertiary/aromatic N) is 3. The number of ether oxygens (including phenoxy) is 1. The fourth-order valence-corrected chi connectivity index (χ4v) is 3.41. The second-order valence-electron chi connectivity index (χ2n) is 6.77. The zero-order valence-corrected chi connectivity index (χ0v) is 15.9. The van der Waals surface area contributed by atoms with Gasteiger partial charge in [-0.05, 0) is 42.5 Å². The molecule has 0 spiro atoms. The van der Waals surface area contributed by atoms with E-state index in [-0.39, 0.29) is 5.91 Å².